The highest BCUT2D eigenvalue weighted by Crippen LogP contribution is 2.22. The van der Waals surface area contributed by atoms with E-state index in [4.69, 9.17) is 4.74 Å². The van der Waals surface area contributed by atoms with Crippen molar-refractivity contribution in [1.29, 1.82) is 0 Å². The van der Waals surface area contributed by atoms with Crippen LogP contribution < -0.4 is 5.32 Å². The molecule has 0 aliphatic carbocycles. The van der Waals surface area contributed by atoms with E-state index in [1.165, 1.54) is 13.0 Å². The normalized spacial score (nSPS) is 12.0. The molecule has 22 heavy (non-hydrogen) atoms. The number of benzene rings is 2. The molecule has 0 aromatic heterocycles. The number of carbonyl (C=O) groups is 1. The molecule has 2 aromatic carbocycles. The van der Waals surface area contributed by atoms with Gasteiger partial charge in [0.2, 0.25) is 0 Å². The van der Waals surface area contributed by atoms with Crippen molar-refractivity contribution in [3.8, 4) is 0 Å². The summed E-state index contributed by atoms with van der Waals surface area (Å²) in [5.41, 5.74) is 1.62. The van der Waals surface area contributed by atoms with Crippen molar-refractivity contribution < 1.29 is 13.9 Å². The second-order valence-electron chi connectivity index (χ2n) is 4.95. The molecular formula is C18H20FNO2. The van der Waals surface area contributed by atoms with Crippen LogP contribution >= 0.6 is 0 Å². The molecule has 0 spiro atoms. The van der Waals surface area contributed by atoms with Gasteiger partial charge in [-0.1, -0.05) is 36.4 Å². The largest absolute Gasteiger partial charge is 0.381 e. The summed E-state index contributed by atoms with van der Waals surface area (Å²) in [6, 6.07) is 14.4. The van der Waals surface area contributed by atoms with Crippen molar-refractivity contribution in [2.45, 2.75) is 20.0 Å². The first-order valence-corrected chi connectivity index (χ1v) is 7.33. The molecule has 2 rings (SSSR count). The van der Waals surface area contributed by atoms with Crippen molar-refractivity contribution in [2.75, 3.05) is 18.5 Å². The molecule has 1 unspecified atom stereocenters. The highest BCUT2D eigenvalue weighted by Gasteiger charge is 2.15. The molecular weight excluding hydrogens is 281 g/mol. The third-order valence-corrected chi connectivity index (χ3v) is 3.38. The highest BCUT2D eigenvalue weighted by molar-refractivity contribution is 5.99. The molecule has 116 valence electrons. The lowest BCUT2D eigenvalue weighted by Gasteiger charge is -2.20. The van der Waals surface area contributed by atoms with Gasteiger partial charge in [0, 0.05) is 18.8 Å². The topological polar surface area (TPSA) is 38.3 Å². The lowest BCUT2D eigenvalue weighted by atomic mass is 10.1. The van der Waals surface area contributed by atoms with Gasteiger partial charge in [0.25, 0.3) is 0 Å². The number of nitrogens with one attached hydrogen (secondary N) is 1. The molecule has 0 aliphatic heterocycles. The quantitative estimate of drug-likeness (QED) is 0.778. The maximum absolute atomic E-state index is 13.8. The number of halogens is 1. The fourth-order valence-electron chi connectivity index (χ4n) is 2.37. The molecule has 4 heteroatoms. The summed E-state index contributed by atoms with van der Waals surface area (Å²) in [5.74, 6) is -0.807. The molecule has 0 saturated heterocycles. The summed E-state index contributed by atoms with van der Waals surface area (Å²) in [5, 5.41) is 3.13. The van der Waals surface area contributed by atoms with Crippen LogP contribution in [0.3, 0.4) is 0 Å². The fraction of sp³-hybridized carbons (Fsp3) is 0.278. The first-order chi connectivity index (χ1) is 10.6. The van der Waals surface area contributed by atoms with Gasteiger partial charge in [-0.05, 0) is 31.5 Å². The van der Waals surface area contributed by atoms with Crippen LogP contribution in [-0.2, 0) is 4.74 Å². The van der Waals surface area contributed by atoms with Crippen LogP contribution in [0.15, 0.2) is 48.5 Å². The minimum atomic E-state index is -0.509. The maximum Gasteiger partial charge on any atom is 0.164 e. The molecule has 1 atom stereocenters. The van der Waals surface area contributed by atoms with Crippen LogP contribution in [0.1, 0.15) is 35.9 Å². The van der Waals surface area contributed by atoms with Crippen LogP contribution in [0.2, 0.25) is 0 Å². The number of hydrogen-bond donors (Lipinski definition) is 1. The standard InChI is InChI=1S/C18H20FNO2/c1-3-22-17(14-8-5-4-6-9-14)12-20-16-11-7-10-15(19)18(16)13(2)21/h4-11,17,20H,3,12H2,1-2H3. The van der Waals surface area contributed by atoms with Crippen molar-refractivity contribution >= 4 is 11.5 Å². The Hall–Kier alpha value is -2.20. The molecule has 1 N–H and O–H groups in total. The number of ether oxygens (including phenoxy) is 1. The molecule has 2 aromatic rings. The van der Waals surface area contributed by atoms with Crippen molar-refractivity contribution in [3.05, 3.63) is 65.5 Å². The summed E-state index contributed by atoms with van der Waals surface area (Å²) in [6.45, 7) is 4.32. The van der Waals surface area contributed by atoms with Gasteiger partial charge >= 0.3 is 0 Å². The van der Waals surface area contributed by atoms with Crippen molar-refractivity contribution in [2.24, 2.45) is 0 Å². The fourth-order valence-corrected chi connectivity index (χ4v) is 2.37. The molecule has 0 fully saturated rings. The van der Waals surface area contributed by atoms with Gasteiger partial charge < -0.3 is 10.1 Å². The van der Waals surface area contributed by atoms with Gasteiger partial charge in [0.1, 0.15) is 5.82 Å². The van der Waals surface area contributed by atoms with E-state index in [0.717, 1.165) is 5.56 Å². The average Bonchev–Trinajstić information content (AvgIpc) is 2.52. The molecule has 0 radical (unpaired) electrons. The Morgan fingerprint density at radius 2 is 1.91 bits per heavy atom. The van der Waals surface area contributed by atoms with Crippen LogP contribution in [0.25, 0.3) is 0 Å². The second kappa shape index (κ2) is 7.71. The summed E-state index contributed by atoms with van der Waals surface area (Å²) in [6.07, 6.45) is -0.158. The van der Waals surface area contributed by atoms with Crippen molar-refractivity contribution in [3.63, 3.8) is 0 Å². The lowest BCUT2D eigenvalue weighted by Crippen LogP contribution is -2.17. The minimum absolute atomic E-state index is 0.0887. The van der Waals surface area contributed by atoms with E-state index < -0.39 is 5.82 Å². The van der Waals surface area contributed by atoms with E-state index in [0.29, 0.717) is 18.8 Å². The second-order valence-corrected chi connectivity index (χ2v) is 4.95. The zero-order valence-electron chi connectivity index (χ0n) is 12.8. The van der Waals surface area contributed by atoms with Gasteiger partial charge in [0.15, 0.2) is 5.78 Å². The van der Waals surface area contributed by atoms with Gasteiger partial charge in [-0.15, -0.1) is 0 Å². The highest BCUT2D eigenvalue weighted by atomic mass is 19.1. The van der Waals surface area contributed by atoms with Gasteiger partial charge in [-0.25, -0.2) is 4.39 Å². The minimum Gasteiger partial charge on any atom is -0.381 e. The van der Waals surface area contributed by atoms with E-state index in [1.54, 1.807) is 12.1 Å². The van der Waals surface area contributed by atoms with E-state index in [-0.39, 0.29) is 17.5 Å². The Morgan fingerprint density at radius 1 is 1.18 bits per heavy atom. The molecule has 3 nitrogen and oxygen atoms in total. The maximum atomic E-state index is 13.8. The molecule has 0 saturated carbocycles. The summed E-state index contributed by atoms with van der Waals surface area (Å²) < 4.78 is 19.5. The Kier molecular flexibility index (Phi) is 5.67. The van der Waals surface area contributed by atoms with Gasteiger partial charge in [0.05, 0.1) is 11.7 Å². The number of carbonyl (C=O) groups excluding carboxylic acids is 1. The Morgan fingerprint density at radius 3 is 2.55 bits per heavy atom. The summed E-state index contributed by atoms with van der Waals surface area (Å²) >= 11 is 0. The molecule has 0 heterocycles. The van der Waals surface area contributed by atoms with Gasteiger partial charge in [-0.2, -0.15) is 0 Å². The van der Waals surface area contributed by atoms with Crippen LogP contribution in [-0.4, -0.2) is 18.9 Å². The molecule has 0 amide bonds. The van der Waals surface area contributed by atoms with Gasteiger partial charge in [-0.3, -0.25) is 4.79 Å². The number of anilines is 1. The van der Waals surface area contributed by atoms with E-state index >= 15 is 0 Å². The molecule has 0 bridgehead atoms. The van der Waals surface area contributed by atoms with E-state index in [9.17, 15) is 9.18 Å². The summed E-state index contributed by atoms with van der Waals surface area (Å²) in [4.78, 5) is 11.6. The predicted molar refractivity (Wildman–Crippen MR) is 85.7 cm³/mol. The summed E-state index contributed by atoms with van der Waals surface area (Å²) in [7, 11) is 0. The SMILES string of the molecule is CCOC(CNc1cccc(F)c1C(C)=O)c1ccccc1. The first-order valence-electron chi connectivity index (χ1n) is 7.33. The third kappa shape index (κ3) is 3.92. The molecule has 0 aliphatic rings. The number of hydrogen-bond acceptors (Lipinski definition) is 3. The van der Waals surface area contributed by atoms with Crippen molar-refractivity contribution in [1.82, 2.24) is 0 Å². The zero-order chi connectivity index (χ0) is 15.9. The van der Waals surface area contributed by atoms with E-state index in [2.05, 4.69) is 5.32 Å². The zero-order valence-corrected chi connectivity index (χ0v) is 12.8. The first kappa shape index (κ1) is 16.2. The number of ketones is 1. The number of Topliss-reactive ketones (excluding diaryl/α,β-unsaturated/α-hetero) is 1. The smallest absolute Gasteiger partial charge is 0.164 e. The lowest BCUT2D eigenvalue weighted by molar-refractivity contribution is 0.0718. The Labute approximate surface area is 130 Å². The monoisotopic (exact) mass is 301 g/mol. The average molecular weight is 301 g/mol. The Balaban J connectivity index is 2.17. The van der Waals surface area contributed by atoms with Crippen LogP contribution in [0.4, 0.5) is 10.1 Å². The third-order valence-electron chi connectivity index (χ3n) is 3.38. The predicted octanol–water partition coefficient (Wildman–Crippen LogP) is 4.22. The number of rotatable bonds is 7. The van der Waals surface area contributed by atoms with E-state index in [1.807, 2.05) is 37.3 Å². The Bertz CT molecular complexity index is 628. The van der Waals surface area contributed by atoms with Crippen LogP contribution in [0.5, 0.6) is 0 Å². The van der Waals surface area contributed by atoms with Crippen LogP contribution in [0, 0.1) is 5.82 Å².